The molecule has 0 bridgehead atoms. The summed E-state index contributed by atoms with van der Waals surface area (Å²) in [6, 6.07) is 13.9. The summed E-state index contributed by atoms with van der Waals surface area (Å²) in [5.74, 6) is 1.26. The van der Waals surface area contributed by atoms with Crippen molar-refractivity contribution in [2.45, 2.75) is 63.6 Å². The van der Waals surface area contributed by atoms with E-state index >= 15 is 0 Å². The van der Waals surface area contributed by atoms with E-state index in [9.17, 15) is 9.59 Å². The van der Waals surface area contributed by atoms with Crippen molar-refractivity contribution >= 4 is 11.8 Å². The Kier molecular flexibility index (Phi) is 9.65. The van der Waals surface area contributed by atoms with E-state index in [2.05, 4.69) is 5.32 Å². The zero-order valence-electron chi connectivity index (χ0n) is 21.8. The monoisotopic (exact) mass is 510 g/mol. The van der Waals surface area contributed by atoms with E-state index < -0.39 is 12.1 Å². The third-order valence-corrected chi connectivity index (χ3v) is 6.88. The summed E-state index contributed by atoms with van der Waals surface area (Å²) in [5, 5.41) is 3.23. The number of fused-ring (bicyclic) bond motifs is 1. The highest BCUT2D eigenvalue weighted by Gasteiger charge is 2.38. The van der Waals surface area contributed by atoms with E-state index in [1.54, 1.807) is 18.1 Å². The number of carbonyl (C=O) groups excluding carboxylic acids is 2. The average Bonchev–Trinajstić information content (AvgIpc) is 2.94. The van der Waals surface area contributed by atoms with Crippen LogP contribution in [0.15, 0.2) is 48.5 Å². The molecule has 0 saturated heterocycles. The Morgan fingerprint density at radius 2 is 1.86 bits per heavy atom. The fourth-order valence-electron chi connectivity index (χ4n) is 4.99. The van der Waals surface area contributed by atoms with Crippen LogP contribution in [0, 0.1) is 0 Å². The SMILES string of the molecule is CCOCCCN(C(=O)[C@H]1COc2ccccc2O1)[C@@H](C(=O)NC1CCCCC1)c1cccc(OC)c1. The zero-order chi connectivity index (χ0) is 26.0. The minimum Gasteiger partial charge on any atom is -0.497 e. The normalized spacial score (nSPS) is 18.1. The molecule has 2 aliphatic rings. The number of benzene rings is 2. The fourth-order valence-corrected chi connectivity index (χ4v) is 4.99. The van der Waals surface area contributed by atoms with Crippen LogP contribution >= 0.6 is 0 Å². The molecule has 0 spiro atoms. The van der Waals surface area contributed by atoms with Crippen LogP contribution in [0.3, 0.4) is 0 Å². The van der Waals surface area contributed by atoms with Gasteiger partial charge in [-0.2, -0.15) is 0 Å². The highest BCUT2D eigenvalue weighted by molar-refractivity contribution is 5.91. The maximum Gasteiger partial charge on any atom is 0.268 e. The van der Waals surface area contributed by atoms with Gasteiger partial charge in [0.1, 0.15) is 18.4 Å². The molecule has 0 radical (unpaired) electrons. The molecule has 200 valence electrons. The van der Waals surface area contributed by atoms with Gasteiger partial charge in [0, 0.05) is 25.8 Å². The van der Waals surface area contributed by atoms with Crippen LogP contribution in [0.2, 0.25) is 0 Å². The standard InChI is InChI=1S/C29H38N2O6/c1-3-35-18-10-17-31(29(33)26-20-36-24-15-7-8-16-25(24)37-26)27(21-11-9-14-23(19-21)34-2)28(32)30-22-12-5-4-6-13-22/h7-9,11,14-16,19,22,26-27H,3-6,10,12-13,17-18,20H2,1-2H3,(H,30,32)/t26-,27-/m1/s1. The van der Waals surface area contributed by atoms with Crippen LogP contribution < -0.4 is 19.5 Å². The second-order valence-corrected chi connectivity index (χ2v) is 9.47. The maximum absolute atomic E-state index is 14.0. The first kappa shape index (κ1) is 26.8. The third-order valence-electron chi connectivity index (χ3n) is 6.88. The topological polar surface area (TPSA) is 86.3 Å². The molecule has 37 heavy (non-hydrogen) atoms. The molecule has 8 nitrogen and oxygen atoms in total. The van der Waals surface area contributed by atoms with Crippen LogP contribution in [0.25, 0.3) is 0 Å². The Morgan fingerprint density at radius 3 is 2.62 bits per heavy atom. The van der Waals surface area contributed by atoms with Crippen molar-refractivity contribution < 1.29 is 28.5 Å². The van der Waals surface area contributed by atoms with Gasteiger partial charge in [0.15, 0.2) is 11.5 Å². The fraction of sp³-hybridized carbons (Fsp3) is 0.517. The number of amides is 2. The predicted molar refractivity (Wildman–Crippen MR) is 140 cm³/mol. The number of ether oxygens (including phenoxy) is 4. The lowest BCUT2D eigenvalue weighted by Crippen LogP contribution is -2.52. The van der Waals surface area contributed by atoms with E-state index in [0.717, 1.165) is 25.7 Å². The quantitative estimate of drug-likeness (QED) is 0.454. The largest absolute Gasteiger partial charge is 0.497 e. The molecular weight excluding hydrogens is 472 g/mol. The zero-order valence-corrected chi connectivity index (χ0v) is 21.8. The molecule has 1 fully saturated rings. The summed E-state index contributed by atoms with van der Waals surface area (Å²) >= 11 is 0. The second-order valence-electron chi connectivity index (χ2n) is 9.47. The van der Waals surface area contributed by atoms with Gasteiger partial charge < -0.3 is 29.2 Å². The van der Waals surface area contributed by atoms with Crippen molar-refractivity contribution in [3.63, 3.8) is 0 Å². The summed E-state index contributed by atoms with van der Waals surface area (Å²) in [7, 11) is 1.59. The first-order chi connectivity index (χ1) is 18.1. The summed E-state index contributed by atoms with van der Waals surface area (Å²) in [6.45, 7) is 3.42. The number of methoxy groups -OCH3 is 1. The summed E-state index contributed by atoms with van der Waals surface area (Å²) < 4.78 is 22.9. The van der Waals surface area contributed by atoms with Crippen molar-refractivity contribution in [1.29, 1.82) is 0 Å². The lowest BCUT2D eigenvalue weighted by atomic mass is 9.94. The number of hydrogen-bond donors (Lipinski definition) is 1. The van der Waals surface area contributed by atoms with E-state index in [4.69, 9.17) is 18.9 Å². The molecule has 1 saturated carbocycles. The molecule has 2 atom stereocenters. The van der Waals surface area contributed by atoms with Crippen LogP contribution in [-0.2, 0) is 14.3 Å². The van der Waals surface area contributed by atoms with Crippen LogP contribution in [0.1, 0.15) is 57.1 Å². The Morgan fingerprint density at radius 1 is 1.08 bits per heavy atom. The smallest absolute Gasteiger partial charge is 0.268 e. The molecule has 2 aromatic rings. The van der Waals surface area contributed by atoms with Gasteiger partial charge in [-0.25, -0.2) is 0 Å². The molecule has 0 aromatic heterocycles. The Labute approximate surface area is 219 Å². The van der Waals surface area contributed by atoms with E-state index in [-0.39, 0.29) is 24.5 Å². The van der Waals surface area contributed by atoms with Gasteiger partial charge in [-0.1, -0.05) is 43.5 Å². The molecular formula is C29H38N2O6. The highest BCUT2D eigenvalue weighted by atomic mass is 16.6. The Bertz CT molecular complexity index is 1040. The van der Waals surface area contributed by atoms with Crippen molar-refractivity contribution in [3.8, 4) is 17.2 Å². The molecule has 1 aliphatic carbocycles. The number of nitrogens with one attached hydrogen (secondary N) is 1. The average molecular weight is 511 g/mol. The number of carbonyl (C=O) groups is 2. The van der Waals surface area contributed by atoms with Gasteiger partial charge >= 0.3 is 0 Å². The molecule has 2 aromatic carbocycles. The van der Waals surface area contributed by atoms with Gasteiger partial charge in [0.25, 0.3) is 5.91 Å². The number of para-hydroxylation sites is 2. The van der Waals surface area contributed by atoms with Gasteiger partial charge in [-0.3, -0.25) is 9.59 Å². The summed E-state index contributed by atoms with van der Waals surface area (Å²) in [4.78, 5) is 29.5. The second kappa shape index (κ2) is 13.3. The Hall–Kier alpha value is -3.26. The predicted octanol–water partition coefficient (Wildman–Crippen LogP) is 4.28. The maximum atomic E-state index is 14.0. The van der Waals surface area contributed by atoms with Crippen molar-refractivity contribution in [3.05, 3.63) is 54.1 Å². The first-order valence-corrected chi connectivity index (χ1v) is 13.3. The van der Waals surface area contributed by atoms with Gasteiger partial charge in [0.05, 0.1) is 7.11 Å². The van der Waals surface area contributed by atoms with Crippen molar-refractivity contribution in [1.82, 2.24) is 10.2 Å². The lowest BCUT2D eigenvalue weighted by molar-refractivity contribution is -0.149. The third kappa shape index (κ3) is 6.95. The minimum atomic E-state index is -0.863. The Balaban J connectivity index is 1.64. The van der Waals surface area contributed by atoms with Crippen molar-refractivity contribution in [2.75, 3.05) is 33.5 Å². The molecule has 1 aliphatic heterocycles. The van der Waals surface area contributed by atoms with E-state index in [1.165, 1.54) is 6.42 Å². The van der Waals surface area contributed by atoms with Gasteiger partial charge in [-0.05, 0) is 56.0 Å². The molecule has 2 amide bonds. The van der Waals surface area contributed by atoms with Crippen LogP contribution in [-0.4, -0.2) is 62.3 Å². The molecule has 1 heterocycles. The number of rotatable bonds is 11. The van der Waals surface area contributed by atoms with E-state index in [0.29, 0.717) is 49.0 Å². The first-order valence-electron chi connectivity index (χ1n) is 13.3. The van der Waals surface area contributed by atoms with Crippen molar-refractivity contribution in [2.24, 2.45) is 0 Å². The summed E-state index contributed by atoms with van der Waals surface area (Å²) in [6.07, 6.45) is 5.00. The van der Waals surface area contributed by atoms with Crippen LogP contribution in [0.5, 0.6) is 17.2 Å². The van der Waals surface area contributed by atoms with Crippen LogP contribution in [0.4, 0.5) is 0 Å². The highest BCUT2D eigenvalue weighted by Crippen LogP contribution is 2.33. The summed E-state index contributed by atoms with van der Waals surface area (Å²) in [5.41, 5.74) is 0.689. The van der Waals surface area contributed by atoms with Gasteiger partial charge in [0.2, 0.25) is 12.0 Å². The number of nitrogens with zero attached hydrogens (tertiary/aromatic N) is 1. The molecule has 4 rings (SSSR count). The molecule has 1 N–H and O–H groups in total. The van der Waals surface area contributed by atoms with E-state index in [1.807, 2.05) is 49.4 Å². The number of hydrogen-bond acceptors (Lipinski definition) is 6. The molecule has 8 heteroatoms. The minimum absolute atomic E-state index is 0.0763. The van der Waals surface area contributed by atoms with Gasteiger partial charge in [-0.15, -0.1) is 0 Å². The molecule has 0 unspecified atom stereocenters. The lowest BCUT2D eigenvalue weighted by Gasteiger charge is -2.36.